The first-order valence-corrected chi connectivity index (χ1v) is 7.05. The monoisotopic (exact) mass is 303 g/mol. The van der Waals surface area contributed by atoms with Crippen LogP contribution in [0.3, 0.4) is 0 Å². The molecule has 0 saturated carbocycles. The van der Waals surface area contributed by atoms with Crippen molar-refractivity contribution in [1.82, 2.24) is 0 Å². The van der Waals surface area contributed by atoms with Gasteiger partial charge < -0.3 is 10.6 Å². The molecule has 21 heavy (non-hydrogen) atoms. The van der Waals surface area contributed by atoms with Crippen LogP contribution in [0, 0.1) is 12.7 Å². The fourth-order valence-electron chi connectivity index (χ4n) is 2.60. The summed E-state index contributed by atoms with van der Waals surface area (Å²) < 4.78 is 13.3. The van der Waals surface area contributed by atoms with Crippen LogP contribution in [0.25, 0.3) is 0 Å². The molecule has 0 aliphatic carbocycles. The molecule has 0 fully saturated rings. The van der Waals surface area contributed by atoms with Gasteiger partial charge in [-0.25, -0.2) is 4.39 Å². The number of halogens is 2. The molecule has 2 aromatic carbocycles. The second-order valence-electron chi connectivity index (χ2n) is 5.04. The van der Waals surface area contributed by atoms with Crippen LogP contribution in [0.5, 0.6) is 0 Å². The number of hydrogen-bond acceptors (Lipinski definition) is 3. The molecule has 0 amide bonds. The number of guanidine groups is 1. The largest absolute Gasteiger partial charge is 0.369 e. The van der Waals surface area contributed by atoms with E-state index >= 15 is 0 Å². The molecule has 3 rings (SSSR count). The van der Waals surface area contributed by atoms with Crippen LogP contribution < -0.4 is 10.6 Å². The molecule has 2 N–H and O–H groups in total. The maximum absolute atomic E-state index is 13.3. The molecule has 5 heteroatoms. The summed E-state index contributed by atoms with van der Waals surface area (Å²) in [5.74, 6) is 0.0458. The first-order chi connectivity index (χ1) is 10.1. The Morgan fingerprint density at radius 2 is 2.05 bits per heavy atom. The third-order valence-electron chi connectivity index (χ3n) is 3.69. The molecule has 108 valence electrons. The van der Waals surface area contributed by atoms with E-state index in [1.807, 2.05) is 36.1 Å². The highest BCUT2D eigenvalue weighted by atomic mass is 35.5. The van der Waals surface area contributed by atoms with Crippen molar-refractivity contribution in [3.63, 3.8) is 0 Å². The van der Waals surface area contributed by atoms with E-state index in [4.69, 9.17) is 17.3 Å². The highest BCUT2D eigenvalue weighted by Crippen LogP contribution is 2.34. The van der Waals surface area contributed by atoms with Gasteiger partial charge in [-0.2, -0.15) is 0 Å². The molecule has 0 saturated heterocycles. The van der Waals surface area contributed by atoms with Crippen molar-refractivity contribution >= 4 is 23.2 Å². The summed E-state index contributed by atoms with van der Waals surface area (Å²) in [5.41, 5.74) is 9.05. The second kappa shape index (κ2) is 5.37. The molecule has 0 bridgehead atoms. The van der Waals surface area contributed by atoms with E-state index in [2.05, 4.69) is 4.99 Å². The zero-order valence-corrected chi connectivity index (χ0v) is 12.3. The van der Waals surface area contributed by atoms with Gasteiger partial charge in [-0.1, -0.05) is 35.9 Å². The van der Waals surface area contributed by atoms with E-state index < -0.39 is 5.82 Å². The first kappa shape index (κ1) is 13.9. The summed E-state index contributed by atoms with van der Waals surface area (Å²) >= 11 is 5.89. The predicted octanol–water partition coefficient (Wildman–Crippen LogP) is 3.66. The quantitative estimate of drug-likeness (QED) is 0.920. The van der Waals surface area contributed by atoms with Gasteiger partial charge in [0.25, 0.3) is 0 Å². The normalized spacial score (nSPS) is 18.0. The van der Waals surface area contributed by atoms with Crippen LogP contribution in [0.2, 0.25) is 5.02 Å². The number of nitrogens with two attached hydrogens (primary N) is 1. The fourth-order valence-corrected chi connectivity index (χ4v) is 2.79. The zero-order valence-electron chi connectivity index (χ0n) is 11.6. The average molecular weight is 304 g/mol. The van der Waals surface area contributed by atoms with E-state index in [1.165, 1.54) is 6.07 Å². The Labute approximate surface area is 127 Å². The topological polar surface area (TPSA) is 41.6 Å². The summed E-state index contributed by atoms with van der Waals surface area (Å²) in [7, 11) is 0. The van der Waals surface area contributed by atoms with E-state index in [-0.39, 0.29) is 11.1 Å². The van der Waals surface area contributed by atoms with Crippen molar-refractivity contribution in [2.45, 2.75) is 13.0 Å². The van der Waals surface area contributed by atoms with Crippen LogP contribution in [-0.4, -0.2) is 12.5 Å². The third kappa shape index (κ3) is 2.47. The number of rotatable bonds is 2. The summed E-state index contributed by atoms with van der Waals surface area (Å²) in [4.78, 5) is 6.30. The van der Waals surface area contributed by atoms with E-state index in [0.29, 0.717) is 12.5 Å². The van der Waals surface area contributed by atoms with Crippen molar-refractivity contribution in [2.75, 3.05) is 11.4 Å². The number of anilines is 1. The Bertz CT molecular complexity index is 714. The van der Waals surface area contributed by atoms with E-state index in [0.717, 1.165) is 16.8 Å². The SMILES string of the molecule is Cc1ccccc1N1C(N)=NCC1c1ccc(F)c(Cl)c1. The zero-order chi connectivity index (χ0) is 15.0. The minimum absolute atomic E-state index is 0.0656. The van der Waals surface area contributed by atoms with Crippen LogP contribution in [0.1, 0.15) is 17.2 Å². The van der Waals surface area contributed by atoms with Gasteiger partial charge in [-0.15, -0.1) is 0 Å². The summed E-state index contributed by atoms with van der Waals surface area (Å²) in [6, 6.07) is 12.6. The minimum atomic E-state index is -0.422. The number of para-hydroxylation sites is 1. The number of aliphatic imine (C=N–C) groups is 1. The van der Waals surface area contributed by atoms with Gasteiger partial charge >= 0.3 is 0 Å². The van der Waals surface area contributed by atoms with Crippen LogP contribution in [0.15, 0.2) is 47.5 Å². The number of aryl methyl sites for hydroxylation is 1. The lowest BCUT2D eigenvalue weighted by Crippen LogP contribution is -2.36. The van der Waals surface area contributed by atoms with Crippen LogP contribution >= 0.6 is 11.6 Å². The lowest BCUT2D eigenvalue weighted by molar-refractivity contribution is 0.626. The Morgan fingerprint density at radius 3 is 2.76 bits per heavy atom. The minimum Gasteiger partial charge on any atom is -0.369 e. The van der Waals surface area contributed by atoms with Crippen molar-refractivity contribution in [3.8, 4) is 0 Å². The molecule has 0 radical (unpaired) electrons. The molecule has 0 spiro atoms. The fraction of sp³-hybridized carbons (Fsp3) is 0.188. The lowest BCUT2D eigenvalue weighted by Gasteiger charge is -2.28. The summed E-state index contributed by atoms with van der Waals surface area (Å²) in [5, 5.41) is 0.114. The maximum Gasteiger partial charge on any atom is 0.196 e. The molecule has 0 aromatic heterocycles. The Morgan fingerprint density at radius 1 is 1.29 bits per heavy atom. The predicted molar refractivity (Wildman–Crippen MR) is 84.3 cm³/mol. The standard InChI is InChI=1S/C16H15ClFN3/c1-10-4-2-3-5-14(10)21-15(9-20-16(21)19)11-6-7-13(18)12(17)8-11/h2-8,15H,9H2,1H3,(H2,19,20). The van der Waals surface area contributed by atoms with E-state index in [9.17, 15) is 4.39 Å². The molecule has 3 nitrogen and oxygen atoms in total. The molecule has 1 atom stereocenters. The molecular weight excluding hydrogens is 289 g/mol. The molecule has 1 unspecified atom stereocenters. The maximum atomic E-state index is 13.3. The van der Waals surface area contributed by atoms with Crippen LogP contribution in [-0.2, 0) is 0 Å². The van der Waals surface area contributed by atoms with Gasteiger partial charge in [0.2, 0.25) is 0 Å². The second-order valence-corrected chi connectivity index (χ2v) is 5.45. The molecule has 2 aromatic rings. The van der Waals surface area contributed by atoms with Crippen molar-refractivity contribution in [3.05, 3.63) is 64.4 Å². The Hall–Kier alpha value is -2.07. The highest BCUT2D eigenvalue weighted by molar-refractivity contribution is 6.30. The first-order valence-electron chi connectivity index (χ1n) is 6.67. The summed E-state index contributed by atoms with van der Waals surface area (Å²) in [6.45, 7) is 2.55. The third-order valence-corrected chi connectivity index (χ3v) is 3.98. The van der Waals surface area contributed by atoms with Gasteiger partial charge in [0.1, 0.15) is 5.82 Å². The average Bonchev–Trinajstić information content (AvgIpc) is 2.84. The van der Waals surface area contributed by atoms with E-state index in [1.54, 1.807) is 12.1 Å². The van der Waals surface area contributed by atoms with Crippen LogP contribution in [0.4, 0.5) is 10.1 Å². The highest BCUT2D eigenvalue weighted by Gasteiger charge is 2.30. The number of nitrogens with zero attached hydrogens (tertiary/aromatic N) is 2. The molecule has 1 heterocycles. The smallest absolute Gasteiger partial charge is 0.196 e. The van der Waals surface area contributed by atoms with Crippen molar-refractivity contribution < 1.29 is 4.39 Å². The molecule has 1 aliphatic rings. The van der Waals surface area contributed by atoms with Gasteiger partial charge in [0.15, 0.2) is 5.96 Å². The molecular formula is C16H15ClFN3. The van der Waals surface area contributed by atoms with Gasteiger partial charge in [-0.05, 0) is 36.2 Å². The van der Waals surface area contributed by atoms with Gasteiger partial charge in [-0.3, -0.25) is 4.99 Å². The Kier molecular flexibility index (Phi) is 3.55. The van der Waals surface area contributed by atoms with Crippen molar-refractivity contribution in [2.24, 2.45) is 10.7 Å². The van der Waals surface area contributed by atoms with Gasteiger partial charge in [0, 0.05) is 5.69 Å². The number of benzene rings is 2. The Balaban J connectivity index is 2.03. The van der Waals surface area contributed by atoms with Gasteiger partial charge in [0.05, 0.1) is 17.6 Å². The summed E-state index contributed by atoms with van der Waals surface area (Å²) in [6.07, 6.45) is 0. The van der Waals surface area contributed by atoms with Crippen molar-refractivity contribution in [1.29, 1.82) is 0 Å². The number of hydrogen-bond donors (Lipinski definition) is 1. The lowest BCUT2D eigenvalue weighted by atomic mass is 10.0. The molecule has 1 aliphatic heterocycles.